The first kappa shape index (κ1) is 24.7. The Hall–Kier alpha value is -2.31. The van der Waals surface area contributed by atoms with Crippen molar-refractivity contribution < 1.29 is 59.7 Å². The lowest BCUT2D eigenvalue weighted by Crippen LogP contribution is -2.78. The van der Waals surface area contributed by atoms with Gasteiger partial charge in [-0.2, -0.15) is 26.3 Å². The van der Waals surface area contributed by atoms with Gasteiger partial charge < -0.3 is 18.9 Å². The molecule has 1 fully saturated rings. The second-order valence-electron chi connectivity index (χ2n) is 6.94. The van der Waals surface area contributed by atoms with Crippen LogP contribution in [0.3, 0.4) is 0 Å². The van der Waals surface area contributed by atoms with Crippen LogP contribution >= 0.6 is 0 Å². The monoisotopic (exact) mass is 436 g/mol. The van der Waals surface area contributed by atoms with E-state index in [2.05, 4.69) is 25.5 Å². The lowest BCUT2D eigenvalue weighted by atomic mass is 9.68. The summed E-state index contributed by atoms with van der Waals surface area (Å²) in [6, 6.07) is 0. The van der Waals surface area contributed by atoms with Gasteiger partial charge in [0, 0.05) is 12.3 Å². The molecule has 7 nitrogen and oxygen atoms in total. The van der Waals surface area contributed by atoms with Crippen LogP contribution in [0.5, 0.6) is 0 Å². The van der Waals surface area contributed by atoms with Gasteiger partial charge in [0.15, 0.2) is 12.2 Å². The van der Waals surface area contributed by atoms with E-state index in [4.69, 9.17) is 0 Å². The molecule has 1 aliphatic rings. The van der Waals surface area contributed by atoms with Crippen molar-refractivity contribution in [2.24, 2.45) is 5.41 Å². The molecule has 1 saturated heterocycles. The lowest BCUT2D eigenvalue weighted by molar-refractivity contribution is -0.484. The van der Waals surface area contributed by atoms with Crippen molar-refractivity contribution in [2.45, 2.75) is 51.2 Å². The average Bonchev–Trinajstić information content (AvgIpc) is 2.53. The second-order valence-corrected chi connectivity index (χ2v) is 6.94. The highest BCUT2D eigenvalue weighted by atomic mass is 19.4. The van der Waals surface area contributed by atoms with Gasteiger partial charge >= 0.3 is 35.8 Å². The molecular weight excluding hydrogens is 418 g/mol. The van der Waals surface area contributed by atoms with E-state index in [1.807, 2.05) is 0 Å². The summed E-state index contributed by atoms with van der Waals surface area (Å²) >= 11 is 0. The zero-order valence-corrected chi connectivity index (χ0v) is 15.7. The molecule has 13 heteroatoms. The molecular formula is C16H18F6O7. The van der Waals surface area contributed by atoms with E-state index in [0.717, 1.165) is 20.8 Å². The maximum Gasteiger partial charge on any atom is 0.462 e. The summed E-state index contributed by atoms with van der Waals surface area (Å²) in [5.41, 5.74) is -5.39. The molecule has 0 bridgehead atoms. The van der Waals surface area contributed by atoms with E-state index in [9.17, 15) is 31.9 Å². The van der Waals surface area contributed by atoms with Gasteiger partial charge in [-0.3, -0.25) is 4.79 Å². The first-order valence-corrected chi connectivity index (χ1v) is 7.86. The average molecular weight is 436 g/mol. The zero-order valence-electron chi connectivity index (χ0n) is 15.7. The van der Waals surface area contributed by atoms with E-state index in [1.165, 1.54) is 0 Å². The highest BCUT2D eigenvalue weighted by Crippen LogP contribution is 2.60. The number of carbonyl (C=O) groups excluding carboxylic acids is 3. The predicted octanol–water partition coefficient (Wildman–Crippen LogP) is 2.83. The Balaban J connectivity index is 3.54. The third-order valence-corrected chi connectivity index (χ3v) is 4.48. The van der Waals surface area contributed by atoms with E-state index in [1.54, 1.807) is 0 Å². The molecule has 0 spiro atoms. The van der Waals surface area contributed by atoms with Crippen LogP contribution in [0.15, 0.2) is 12.4 Å². The molecule has 2 atom stereocenters. The fourth-order valence-corrected chi connectivity index (χ4v) is 2.45. The maximum absolute atomic E-state index is 15.3. The molecule has 1 rings (SSSR count). The summed E-state index contributed by atoms with van der Waals surface area (Å²) in [4.78, 5) is 33.9. The molecule has 0 aromatic rings. The van der Waals surface area contributed by atoms with Gasteiger partial charge in [-0.1, -0.05) is 20.4 Å². The highest BCUT2D eigenvalue weighted by Gasteiger charge is 2.86. The molecule has 1 aliphatic heterocycles. The Morgan fingerprint density at radius 3 is 2.03 bits per heavy atom. The first-order valence-electron chi connectivity index (χ1n) is 7.86. The third kappa shape index (κ3) is 4.05. The van der Waals surface area contributed by atoms with Gasteiger partial charge in [-0.15, -0.1) is 0 Å². The molecule has 0 radical (unpaired) electrons. The molecule has 0 aromatic carbocycles. The molecule has 0 amide bonds. The topological polar surface area (TPSA) is 88.1 Å². The van der Waals surface area contributed by atoms with Crippen LogP contribution in [0, 0.1) is 5.41 Å². The summed E-state index contributed by atoms with van der Waals surface area (Å²) in [6.45, 7) is 3.14. The van der Waals surface area contributed by atoms with Crippen LogP contribution < -0.4 is 0 Å². The molecule has 0 N–H and O–H groups in total. The van der Waals surface area contributed by atoms with E-state index >= 15 is 8.78 Å². The Morgan fingerprint density at radius 2 is 1.62 bits per heavy atom. The van der Waals surface area contributed by atoms with Gasteiger partial charge in [0.2, 0.25) is 5.83 Å². The third-order valence-electron chi connectivity index (χ3n) is 4.48. The van der Waals surface area contributed by atoms with Crippen LogP contribution in [0.25, 0.3) is 0 Å². The van der Waals surface area contributed by atoms with Crippen molar-refractivity contribution in [2.75, 3.05) is 13.2 Å². The van der Waals surface area contributed by atoms with Crippen molar-refractivity contribution in [1.82, 2.24) is 0 Å². The lowest BCUT2D eigenvalue weighted by Gasteiger charge is -2.56. The minimum atomic E-state index is -6.04. The SMILES string of the molecule is C=C(F)C(=O)OC1(C)C(C)(C)COC(OC(=O)COC(C)=O)(C(F)(F)F)C1(F)F. The minimum Gasteiger partial charge on any atom is -0.454 e. The van der Waals surface area contributed by atoms with Gasteiger partial charge in [0.05, 0.1) is 6.61 Å². The number of esters is 3. The number of hydrogen-bond acceptors (Lipinski definition) is 7. The zero-order chi connectivity index (χ0) is 23.1. The fourth-order valence-electron chi connectivity index (χ4n) is 2.45. The summed E-state index contributed by atoms with van der Waals surface area (Å²) in [7, 11) is 0. The number of carbonyl (C=O) groups is 3. The Morgan fingerprint density at radius 1 is 1.10 bits per heavy atom. The summed E-state index contributed by atoms with van der Waals surface area (Å²) in [5.74, 6) is -17.2. The fraction of sp³-hybridized carbons (Fsp3) is 0.688. The Labute approximate surface area is 160 Å². The summed E-state index contributed by atoms with van der Waals surface area (Å²) < 4.78 is 102. The van der Waals surface area contributed by atoms with Gasteiger partial charge in [0.25, 0.3) is 0 Å². The quantitative estimate of drug-likeness (QED) is 0.284. The van der Waals surface area contributed by atoms with Crippen molar-refractivity contribution >= 4 is 17.9 Å². The van der Waals surface area contributed by atoms with Crippen LogP contribution in [-0.4, -0.2) is 54.6 Å². The highest BCUT2D eigenvalue weighted by molar-refractivity contribution is 5.85. The predicted molar refractivity (Wildman–Crippen MR) is 80.9 cm³/mol. The number of halogens is 6. The summed E-state index contributed by atoms with van der Waals surface area (Å²) in [5, 5.41) is 0. The minimum absolute atomic E-state index is 0.413. The van der Waals surface area contributed by atoms with Crippen molar-refractivity contribution in [3.05, 3.63) is 12.4 Å². The maximum atomic E-state index is 15.3. The van der Waals surface area contributed by atoms with Crippen LogP contribution in [0.1, 0.15) is 27.7 Å². The number of ether oxygens (including phenoxy) is 4. The largest absolute Gasteiger partial charge is 0.462 e. The molecule has 166 valence electrons. The molecule has 2 unspecified atom stereocenters. The van der Waals surface area contributed by atoms with Gasteiger partial charge in [-0.05, 0) is 6.92 Å². The first-order chi connectivity index (χ1) is 12.8. The standard InChI is InChI=1S/C16H18F6O7/c1-8(17)11(25)29-13(5)12(3,4)7-27-15(14(13,18)19,16(20,21)22)28-10(24)6-26-9(2)23/h1,6-7H2,2-5H3. The molecule has 0 aromatic heterocycles. The molecule has 1 heterocycles. The van der Waals surface area contributed by atoms with Crippen molar-refractivity contribution in [1.29, 1.82) is 0 Å². The number of alkyl halides is 5. The number of hydrogen-bond donors (Lipinski definition) is 0. The van der Waals surface area contributed by atoms with Gasteiger partial charge in [-0.25, -0.2) is 9.59 Å². The van der Waals surface area contributed by atoms with Crippen LogP contribution in [-0.2, 0) is 33.3 Å². The second kappa shape index (κ2) is 7.50. The Kier molecular flexibility index (Phi) is 6.40. The number of rotatable bonds is 5. The van der Waals surface area contributed by atoms with E-state index in [-0.39, 0.29) is 0 Å². The van der Waals surface area contributed by atoms with E-state index < -0.39 is 65.9 Å². The smallest absolute Gasteiger partial charge is 0.454 e. The molecule has 29 heavy (non-hydrogen) atoms. The van der Waals surface area contributed by atoms with Crippen LogP contribution in [0.2, 0.25) is 0 Å². The molecule has 0 aliphatic carbocycles. The van der Waals surface area contributed by atoms with E-state index in [0.29, 0.717) is 6.92 Å². The summed E-state index contributed by atoms with van der Waals surface area (Å²) in [6.07, 6.45) is -6.04. The van der Waals surface area contributed by atoms with Crippen LogP contribution in [0.4, 0.5) is 26.3 Å². The normalized spacial score (nSPS) is 28.2. The van der Waals surface area contributed by atoms with Gasteiger partial charge in [0.1, 0.15) is 0 Å². The molecule has 0 saturated carbocycles. The van der Waals surface area contributed by atoms with Crippen molar-refractivity contribution in [3.63, 3.8) is 0 Å². The van der Waals surface area contributed by atoms with Crippen molar-refractivity contribution in [3.8, 4) is 0 Å². The Bertz CT molecular complexity index is 717.